The number of methoxy groups -OCH3 is 1. The van der Waals surface area contributed by atoms with Gasteiger partial charge < -0.3 is 9.47 Å². The molecule has 0 bridgehead atoms. The lowest BCUT2D eigenvalue weighted by atomic mass is 10.0. The quantitative estimate of drug-likeness (QED) is 0.415. The number of carbonyl (C=O) groups is 1. The predicted octanol–water partition coefficient (Wildman–Crippen LogP) is 4.43. The summed E-state index contributed by atoms with van der Waals surface area (Å²) in [4.78, 5) is 11.1. The number of ether oxygens (including phenoxy) is 2. The van der Waals surface area contributed by atoms with Crippen LogP contribution in [0.5, 0.6) is 0 Å². The van der Waals surface area contributed by atoms with Crippen LogP contribution in [-0.4, -0.2) is 25.3 Å². The van der Waals surface area contributed by atoms with Gasteiger partial charge >= 0.3 is 5.97 Å². The zero-order valence-electron chi connectivity index (χ0n) is 13.5. The fourth-order valence-electron chi connectivity index (χ4n) is 2.02. The molecule has 0 spiro atoms. The predicted molar refractivity (Wildman–Crippen MR) is 83.7 cm³/mol. The van der Waals surface area contributed by atoms with E-state index in [2.05, 4.69) is 26.5 Å². The summed E-state index contributed by atoms with van der Waals surface area (Å²) in [5.74, 6) is -0.192. The highest BCUT2D eigenvalue weighted by molar-refractivity contribution is 5.66. The van der Waals surface area contributed by atoms with Gasteiger partial charge in [0.05, 0.1) is 6.10 Å². The van der Waals surface area contributed by atoms with Crippen LogP contribution in [0.2, 0.25) is 0 Å². The van der Waals surface area contributed by atoms with Gasteiger partial charge in [0.15, 0.2) is 0 Å². The van der Waals surface area contributed by atoms with Gasteiger partial charge in [-0.15, -0.1) is 6.58 Å². The molecule has 0 N–H and O–H groups in total. The van der Waals surface area contributed by atoms with Gasteiger partial charge in [0.1, 0.15) is 6.10 Å². The Labute approximate surface area is 124 Å². The summed E-state index contributed by atoms with van der Waals surface area (Å²) >= 11 is 0. The van der Waals surface area contributed by atoms with Gasteiger partial charge in [-0.1, -0.05) is 17.7 Å². The van der Waals surface area contributed by atoms with Crippen molar-refractivity contribution >= 4 is 5.97 Å². The van der Waals surface area contributed by atoms with Crippen molar-refractivity contribution in [3.63, 3.8) is 0 Å². The Balaban J connectivity index is 4.13. The largest absolute Gasteiger partial charge is 0.463 e. The third-order valence-corrected chi connectivity index (χ3v) is 3.37. The molecule has 20 heavy (non-hydrogen) atoms. The van der Waals surface area contributed by atoms with Crippen LogP contribution in [0.25, 0.3) is 0 Å². The van der Waals surface area contributed by atoms with Crippen molar-refractivity contribution < 1.29 is 14.3 Å². The van der Waals surface area contributed by atoms with Crippen LogP contribution in [0.3, 0.4) is 0 Å². The minimum atomic E-state index is -0.192. The van der Waals surface area contributed by atoms with Gasteiger partial charge in [0.2, 0.25) is 0 Å². The molecule has 0 fully saturated rings. The summed E-state index contributed by atoms with van der Waals surface area (Å²) in [5, 5.41) is 0. The Morgan fingerprint density at radius 1 is 1.25 bits per heavy atom. The van der Waals surface area contributed by atoms with Crippen molar-refractivity contribution in [1.29, 1.82) is 0 Å². The van der Waals surface area contributed by atoms with E-state index in [1.807, 2.05) is 6.08 Å². The van der Waals surface area contributed by atoms with Gasteiger partial charge in [-0.25, -0.2) is 0 Å². The van der Waals surface area contributed by atoms with E-state index >= 15 is 0 Å². The number of rotatable bonds is 11. The molecule has 0 saturated heterocycles. The van der Waals surface area contributed by atoms with Crippen molar-refractivity contribution in [2.45, 2.75) is 71.5 Å². The molecule has 0 amide bonds. The van der Waals surface area contributed by atoms with Crippen molar-refractivity contribution in [3.8, 4) is 0 Å². The van der Waals surface area contributed by atoms with E-state index in [9.17, 15) is 4.79 Å². The van der Waals surface area contributed by atoms with Crippen LogP contribution in [0.15, 0.2) is 24.3 Å². The number of allylic oxidation sites excluding steroid dienone is 3. The van der Waals surface area contributed by atoms with Crippen molar-refractivity contribution in [1.82, 2.24) is 0 Å². The molecule has 0 aromatic rings. The van der Waals surface area contributed by atoms with Crippen LogP contribution in [0, 0.1) is 0 Å². The summed E-state index contributed by atoms with van der Waals surface area (Å²) in [6, 6.07) is 0. The van der Waals surface area contributed by atoms with Gasteiger partial charge in [-0.3, -0.25) is 4.79 Å². The molecule has 0 rings (SSSR count). The number of hydrogen-bond acceptors (Lipinski definition) is 3. The summed E-state index contributed by atoms with van der Waals surface area (Å²) in [7, 11) is 1.72. The number of esters is 1. The zero-order chi connectivity index (χ0) is 15.4. The molecule has 0 aromatic heterocycles. The standard InChI is InChI=1S/C17H30O3/c1-6-7-9-14(2)12-13-17(20-16(4)18)11-8-10-15(3)19-5/h6,9,15,17H,1,7-8,10-13H2,2-5H3/b14-9-/t15-,17-/m0/s1. The molecule has 0 saturated carbocycles. The molecule has 0 aliphatic rings. The lowest BCUT2D eigenvalue weighted by Crippen LogP contribution is -2.17. The third kappa shape index (κ3) is 10.8. The highest BCUT2D eigenvalue weighted by atomic mass is 16.5. The van der Waals surface area contributed by atoms with Crippen molar-refractivity contribution in [2.24, 2.45) is 0 Å². The van der Waals surface area contributed by atoms with E-state index < -0.39 is 0 Å². The van der Waals surface area contributed by atoms with Gasteiger partial charge in [0, 0.05) is 14.0 Å². The second-order valence-corrected chi connectivity index (χ2v) is 5.32. The SMILES string of the molecule is C=CC/C=C(/C)CC[C@H](CCC[C@H](C)OC)OC(C)=O. The molecule has 3 nitrogen and oxygen atoms in total. The molecule has 0 heterocycles. The maximum Gasteiger partial charge on any atom is 0.302 e. The Hall–Kier alpha value is -1.09. The first-order valence-electron chi connectivity index (χ1n) is 7.46. The first-order chi connectivity index (χ1) is 9.49. The van der Waals surface area contributed by atoms with E-state index in [-0.39, 0.29) is 18.2 Å². The number of hydrogen-bond donors (Lipinski definition) is 0. The lowest BCUT2D eigenvalue weighted by molar-refractivity contribution is -0.147. The summed E-state index contributed by atoms with van der Waals surface area (Å²) < 4.78 is 10.6. The second-order valence-electron chi connectivity index (χ2n) is 5.32. The highest BCUT2D eigenvalue weighted by Crippen LogP contribution is 2.16. The van der Waals surface area contributed by atoms with E-state index in [0.717, 1.165) is 38.5 Å². The van der Waals surface area contributed by atoms with Crippen LogP contribution >= 0.6 is 0 Å². The summed E-state index contributed by atoms with van der Waals surface area (Å²) in [6.45, 7) is 9.35. The Kier molecular flexibility index (Phi) is 11.1. The van der Waals surface area contributed by atoms with E-state index in [1.165, 1.54) is 12.5 Å². The summed E-state index contributed by atoms with van der Waals surface area (Å²) in [6.07, 6.45) is 10.0. The topological polar surface area (TPSA) is 35.5 Å². The van der Waals surface area contributed by atoms with Crippen LogP contribution in [0.4, 0.5) is 0 Å². The van der Waals surface area contributed by atoms with E-state index in [4.69, 9.17) is 9.47 Å². The van der Waals surface area contributed by atoms with Gasteiger partial charge in [-0.2, -0.15) is 0 Å². The van der Waals surface area contributed by atoms with Crippen LogP contribution in [0.1, 0.15) is 59.3 Å². The highest BCUT2D eigenvalue weighted by Gasteiger charge is 2.12. The normalized spacial score (nSPS) is 14.7. The molecule has 0 aliphatic carbocycles. The Bertz CT molecular complexity index is 307. The van der Waals surface area contributed by atoms with Gasteiger partial charge in [-0.05, 0) is 52.4 Å². The second kappa shape index (κ2) is 11.7. The molecular formula is C17H30O3. The van der Waals surface area contributed by atoms with Crippen molar-refractivity contribution in [2.75, 3.05) is 7.11 Å². The van der Waals surface area contributed by atoms with Gasteiger partial charge in [0.25, 0.3) is 0 Å². The lowest BCUT2D eigenvalue weighted by Gasteiger charge is -2.18. The molecule has 2 atom stereocenters. The van der Waals surface area contributed by atoms with E-state index in [1.54, 1.807) is 7.11 Å². The average Bonchev–Trinajstić information content (AvgIpc) is 2.41. The maximum atomic E-state index is 11.1. The first-order valence-corrected chi connectivity index (χ1v) is 7.46. The first kappa shape index (κ1) is 18.9. The van der Waals surface area contributed by atoms with Crippen LogP contribution in [-0.2, 0) is 14.3 Å². The molecule has 0 aliphatic heterocycles. The molecule has 3 heteroatoms. The average molecular weight is 282 g/mol. The minimum absolute atomic E-state index is 0.0173. The van der Waals surface area contributed by atoms with Crippen molar-refractivity contribution in [3.05, 3.63) is 24.3 Å². The smallest absolute Gasteiger partial charge is 0.302 e. The Morgan fingerprint density at radius 2 is 1.95 bits per heavy atom. The zero-order valence-corrected chi connectivity index (χ0v) is 13.5. The molecule has 0 unspecified atom stereocenters. The monoisotopic (exact) mass is 282 g/mol. The summed E-state index contributed by atoms with van der Waals surface area (Å²) in [5.41, 5.74) is 1.33. The molecule has 116 valence electrons. The molecule has 0 aromatic carbocycles. The minimum Gasteiger partial charge on any atom is -0.463 e. The molecule has 0 radical (unpaired) electrons. The van der Waals surface area contributed by atoms with E-state index in [0.29, 0.717) is 0 Å². The fraction of sp³-hybridized carbons (Fsp3) is 0.706. The Morgan fingerprint density at radius 3 is 2.50 bits per heavy atom. The number of carbonyl (C=O) groups excluding carboxylic acids is 1. The molecular weight excluding hydrogens is 252 g/mol. The fourth-order valence-corrected chi connectivity index (χ4v) is 2.02. The maximum absolute atomic E-state index is 11.1. The van der Waals surface area contributed by atoms with Crippen LogP contribution < -0.4 is 0 Å². The third-order valence-electron chi connectivity index (χ3n) is 3.37.